The van der Waals surface area contributed by atoms with E-state index in [-0.39, 0.29) is 5.69 Å². The number of aryl methyl sites for hydroxylation is 1. The molecule has 6 nitrogen and oxygen atoms in total. The third-order valence-corrected chi connectivity index (χ3v) is 3.10. The number of aromatic nitrogens is 1. The summed E-state index contributed by atoms with van der Waals surface area (Å²) in [5.74, 6) is 0.988. The summed E-state index contributed by atoms with van der Waals surface area (Å²) >= 11 is 0. The van der Waals surface area contributed by atoms with E-state index in [0.717, 1.165) is 5.56 Å². The van der Waals surface area contributed by atoms with E-state index in [1.165, 1.54) is 17.7 Å². The van der Waals surface area contributed by atoms with Crippen LogP contribution in [0.5, 0.6) is 0 Å². The van der Waals surface area contributed by atoms with E-state index in [1.54, 1.807) is 0 Å². The Kier molecular flexibility index (Phi) is 4.71. The molecule has 0 unspecified atom stereocenters. The fourth-order valence-corrected chi connectivity index (χ4v) is 1.98. The van der Waals surface area contributed by atoms with Crippen LogP contribution in [0.4, 0.5) is 17.3 Å². The molecule has 0 saturated carbocycles. The lowest BCUT2D eigenvalue weighted by Gasteiger charge is -2.10. The van der Waals surface area contributed by atoms with Gasteiger partial charge in [0.1, 0.15) is 11.6 Å². The molecule has 1 aromatic heterocycles. The average molecular weight is 286 g/mol. The normalized spacial score (nSPS) is 10.2. The summed E-state index contributed by atoms with van der Waals surface area (Å²) in [5, 5.41) is 17.1. The Bertz CT molecular complexity index is 643. The summed E-state index contributed by atoms with van der Waals surface area (Å²) in [6.07, 6.45) is 0. The molecule has 0 aliphatic rings. The molecule has 2 N–H and O–H groups in total. The van der Waals surface area contributed by atoms with Crippen LogP contribution in [0.3, 0.4) is 0 Å². The van der Waals surface area contributed by atoms with Crippen molar-refractivity contribution in [1.29, 1.82) is 0 Å². The van der Waals surface area contributed by atoms with Gasteiger partial charge in [-0.3, -0.25) is 10.1 Å². The van der Waals surface area contributed by atoms with Crippen LogP contribution >= 0.6 is 0 Å². The third kappa shape index (κ3) is 3.92. The van der Waals surface area contributed by atoms with Crippen molar-refractivity contribution in [3.8, 4) is 0 Å². The van der Waals surface area contributed by atoms with Gasteiger partial charge in [0.25, 0.3) is 5.69 Å². The predicted octanol–water partition coefficient (Wildman–Crippen LogP) is 3.34. The fraction of sp³-hybridized carbons (Fsp3) is 0.267. The van der Waals surface area contributed by atoms with Gasteiger partial charge in [0.15, 0.2) is 0 Å². The van der Waals surface area contributed by atoms with Crippen molar-refractivity contribution in [2.45, 2.75) is 20.4 Å². The van der Waals surface area contributed by atoms with Crippen molar-refractivity contribution < 1.29 is 4.92 Å². The van der Waals surface area contributed by atoms with E-state index in [9.17, 15) is 10.1 Å². The lowest BCUT2D eigenvalue weighted by molar-refractivity contribution is -0.384. The number of nitrogens with one attached hydrogen (secondary N) is 2. The number of nitrogens with zero attached hydrogens (tertiary/aromatic N) is 2. The van der Waals surface area contributed by atoms with Gasteiger partial charge in [0.05, 0.1) is 17.1 Å². The van der Waals surface area contributed by atoms with Crippen LogP contribution in [-0.4, -0.2) is 16.5 Å². The number of pyridine rings is 1. The molecule has 0 bridgehead atoms. The van der Waals surface area contributed by atoms with Gasteiger partial charge in [0.2, 0.25) is 0 Å². The van der Waals surface area contributed by atoms with Gasteiger partial charge in [-0.05, 0) is 25.0 Å². The molecular formula is C15H18N4O2. The highest BCUT2D eigenvalue weighted by atomic mass is 16.6. The quantitative estimate of drug-likeness (QED) is 0.629. The lowest BCUT2D eigenvalue weighted by atomic mass is 10.1. The molecule has 0 fully saturated rings. The van der Waals surface area contributed by atoms with Crippen molar-refractivity contribution in [1.82, 2.24) is 4.98 Å². The molecule has 2 rings (SSSR count). The summed E-state index contributed by atoms with van der Waals surface area (Å²) in [6.45, 7) is 5.18. The number of hydrogen-bond donors (Lipinski definition) is 2. The second-order valence-corrected chi connectivity index (χ2v) is 4.66. The summed E-state index contributed by atoms with van der Waals surface area (Å²) in [7, 11) is 0. The summed E-state index contributed by atoms with van der Waals surface area (Å²) in [6, 6.07) is 10.9. The predicted molar refractivity (Wildman–Crippen MR) is 83.6 cm³/mol. The van der Waals surface area contributed by atoms with Crippen molar-refractivity contribution in [2.24, 2.45) is 0 Å². The molecule has 2 aromatic rings. The minimum Gasteiger partial charge on any atom is -0.370 e. The Morgan fingerprint density at radius 2 is 1.86 bits per heavy atom. The molecule has 110 valence electrons. The molecule has 1 heterocycles. The lowest BCUT2D eigenvalue weighted by Crippen LogP contribution is -2.06. The van der Waals surface area contributed by atoms with Gasteiger partial charge in [0, 0.05) is 13.1 Å². The maximum atomic E-state index is 11.0. The molecule has 0 aliphatic carbocycles. The Balaban J connectivity index is 2.19. The van der Waals surface area contributed by atoms with E-state index in [1.807, 2.05) is 38.1 Å². The summed E-state index contributed by atoms with van der Waals surface area (Å²) in [5.41, 5.74) is 2.33. The summed E-state index contributed by atoms with van der Waals surface area (Å²) in [4.78, 5) is 14.9. The van der Waals surface area contributed by atoms with Crippen LogP contribution in [0, 0.1) is 17.0 Å². The Morgan fingerprint density at radius 3 is 2.48 bits per heavy atom. The second kappa shape index (κ2) is 6.69. The van der Waals surface area contributed by atoms with Crippen LogP contribution in [0.2, 0.25) is 0 Å². The van der Waals surface area contributed by atoms with E-state index in [0.29, 0.717) is 24.7 Å². The molecular weight excluding hydrogens is 268 g/mol. The molecule has 0 saturated heterocycles. The molecule has 21 heavy (non-hydrogen) atoms. The molecule has 0 amide bonds. The molecule has 1 aromatic carbocycles. The SMILES string of the molecule is CCNc1cc([N+](=O)[O-])cc(NCc2ccccc2C)n1. The van der Waals surface area contributed by atoms with Crippen molar-refractivity contribution >= 4 is 17.3 Å². The Hall–Kier alpha value is -2.63. The van der Waals surface area contributed by atoms with E-state index in [2.05, 4.69) is 15.6 Å². The van der Waals surface area contributed by atoms with Gasteiger partial charge in [-0.2, -0.15) is 0 Å². The average Bonchev–Trinajstić information content (AvgIpc) is 2.46. The molecule has 0 aliphatic heterocycles. The zero-order valence-corrected chi connectivity index (χ0v) is 12.1. The maximum Gasteiger partial charge on any atom is 0.276 e. The number of benzene rings is 1. The third-order valence-electron chi connectivity index (χ3n) is 3.10. The number of nitro groups is 1. The second-order valence-electron chi connectivity index (χ2n) is 4.66. The van der Waals surface area contributed by atoms with Crippen LogP contribution in [-0.2, 0) is 6.54 Å². The fourth-order valence-electron chi connectivity index (χ4n) is 1.98. The topological polar surface area (TPSA) is 80.1 Å². The van der Waals surface area contributed by atoms with Crippen LogP contribution in [0.15, 0.2) is 36.4 Å². The van der Waals surface area contributed by atoms with Gasteiger partial charge >= 0.3 is 0 Å². The first-order chi connectivity index (χ1) is 10.1. The zero-order valence-electron chi connectivity index (χ0n) is 12.1. The van der Waals surface area contributed by atoms with Gasteiger partial charge in [-0.1, -0.05) is 24.3 Å². The highest BCUT2D eigenvalue weighted by Gasteiger charge is 2.11. The number of anilines is 2. The molecule has 6 heteroatoms. The Morgan fingerprint density at radius 1 is 1.19 bits per heavy atom. The first-order valence-electron chi connectivity index (χ1n) is 6.79. The number of rotatable bonds is 6. The molecule has 0 atom stereocenters. The maximum absolute atomic E-state index is 11.0. The van der Waals surface area contributed by atoms with E-state index >= 15 is 0 Å². The Labute approximate surface area is 123 Å². The van der Waals surface area contributed by atoms with Crippen molar-refractivity contribution in [3.63, 3.8) is 0 Å². The van der Waals surface area contributed by atoms with Crippen molar-refractivity contribution in [3.05, 3.63) is 57.6 Å². The van der Waals surface area contributed by atoms with Gasteiger partial charge < -0.3 is 10.6 Å². The minimum absolute atomic E-state index is 0.0215. The first kappa shape index (κ1) is 14.8. The smallest absolute Gasteiger partial charge is 0.276 e. The van der Waals surface area contributed by atoms with Crippen LogP contribution < -0.4 is 10.6 Å². The van der Waals surface area contributed by atoms with Gasteiger partial charge in [-0.15, -0.1) is 0 Å². The number of hydrogen-bond acceptors (Lipinski definition) is 5. The zero-order chi connectivity index (χ0) is 15.2. The largest absolute Gasteiger partial charge is 0.370 e. The highest BCUT2D eigenvalue weighted by molar-refractivity contribution is 5.54. The minimum atomic E-state index is -0.415. The summed E-state index contributed by atoms with van der Waals surface area (Å²) < 4.78 is 0. The van der Waals surface area contributed by atoms with Crippen LogP contribution in [0.1, 0.15) is 18.1 Å². The highest BCUT2D eigenvalue weighted by Crippen LogP contribution is 2.21. The van der Waals surface area contributed by atoms with E-state index in [4.69, 9.17) is 0 Å². The standard InChI is InChI=1S/C15H18N4O2/c1-3-16-14-8-13(19(20)21)9-15(18-14)17-10-12-7-5-4-6-11(12)2/h4-9H,3,10H2,1-2H3,(H2,16,17,18). The van der Waals surface area contributed by atoms with Crippen molar-refractivity contribution in [2.75, 3.05) is 17.2 Å². The monoisotopic (exact) mass is 286 g/mol. The van der Waals surface area contributed by atoms with Gasteiger partial charge in [-0.25, -0.2) is 4.98 Å². The van der Waals surface area contributed by atoms with E-state index < -0.39 is 4.92 Å². The molecule has 0 spiro atoms. The first-order valence-corrected chi connectivity index (χ1v) is 6.79. The van der Waals surface area contributed by atoms with Crippen LogP contribution in [0.25, 0.3) is 0 Å². The molecule has 0 radical (unpaired) electrons.